The second-order valence-corrected chi connectivity index (χ2v) is 4.45. The number of hydrogen-bond donors (Lipinski definition) is 1. The maximum atomic E-state index is 11.2. The summed E-state index contributed by atoms with van der Waals surface area (Å²) in [7, 11) is 0. The van der Waals surface area contributed by atoms with Crippen molar-refractivity contribution in [1.82, 2.24) is 5.32 Å². The highest BCUT2D eigenvalue weighted by atomic mass is 16.6. The Bertz CT molecular complexity index is 415. The smallest absolute Gasteiger partial charge is 0.240 e. The van der Waals surface area contributed by atoms with Gasteiger partial charge in [0.2, 0.25) is 11.4 Å². The number of carbonyl (C=O) groups is 1. The summed E-state index contributed by atoms with van der Waals surface area (Å²) < 4.78 is 0. The van der Waals surface area contributed by atoms with Crippen LogP contribution in [0.4, 0.5) is 0 Å². The number of rotatable bonds is 4. The highest BCUT2D eigenvalue weighted by molar-refractivity contribution is 5.73. The summed E-state index contributed by atoms with van der Waals surface area (Å²) in [6.07, 6.45) is 0. The molecule has 1 rings (SSSR count). The van der Waals surface area contributed by atoms with Crippen LogP contribution in [0.3, 0.4) is 0 Å². The predicted molar refractivity (Wildman–Crippen MR) is 64.1 cm³/mol. The van der Waals surface area contributed by atoms with Crippen molar-refractivity contribution in [2.45, 2.75) is 32.4 Å². The Morgan fingerprint density at radius 1 is 1.35 bits per heavy atom. The van der Waals surface area contributed by atoms with E-state index in [0.717, 1.165) is 5.56 Å². The summed E-state index contributed by atoms with van der Waals surface area (Å²) >= 11 is 0. The van der Waals surface area contributed by atoms with Crippen molar-refractivity contribution in [3.05, 3.63) is 46.0 Å². The first kappa shape index (κ1) is 13.2. The van der Waals surface area contributed by atoms with Crippen LogP contribution < -0.4 is 5.32 Å². The molecule has 0 radical (unpaired) electrons. The van der Waals surface area contributed by atoms with Crippen molar-refractivity contribution in [1.29, 1.82) is 0 Å². The third-order valence-electron chi connectivity index (χ3n) is 2.66. The van der Waals surface area contributed by atoms with Crippen molar-refractivity contribution in [2.24, 2.45) is 0 Å². The monoisotopic (exact) mass is 236 g/mol. The Balaban J connectivity index is 3.13. The molecule has 5 nitrogen and oxygen atoms in total. The molecule has 0 saturated carbocycles. The molecule has 0 aliphatic rings. The van der Waals surface area contributed by atoms with Crippen molar-refractivity contribution >= 4 is 5.91 Å². The molecule has 0 saturated heterocycles. The average molecular weight is 236 g/mol. The fraction of sp³-hybridized carbons (Fsp3) is 0.417. The van der Waals surface area contributed by atoms with E-state index in [9.17, 15) is 14.9 Å². The fourth-order valence-corrected chi connectivity index (χ4v) is 1.62. The number of nitrogens with one attached hydrogen (secondary N) is 1. The third-order valence-corrected chi connectivity index (χ3v) is 2.66. The summed E-state index contributed by atoms with van der Waals surface area (Å²) in [5, 5.41) is 13.7. The van der Waals surface area contributed by atoms with Crippen LogP contribution in [0, 0.1) is 10.1 Å². The first-order valence-corrected chi connectivity index (χ1v) is 5.32. The Morgan fingerprint density at radius 2 is 1.88 bits per heavy atom. The number of benzene rings is 1. The van der Waals surface area contributed by atoms with Crippen molar-refractivity contribution in [3.8, 4) is 0 Å². The summed E-state index contributed by atoms with van der Waals surface area (Å²) in [5.41, 5.74) is -0.531. The molecule has 5 heteroatoms. The molecule has 0 aliphatic carbocycles. The number of hydrogen-bond acceptors (Lipinski definition) is 3. The van der Waals surface area contributed by atoms with Gasteiger partial charge in [0.05, 0.1) is 0 Å². The van der Waals surface area contributed by atoms with E-state index >= 15 is 0 Å². The van der Waals surface area contributed by atoms with Crippen LogP contribution in [0.5, 0.6) is 0 Å². The van der Waals surface area contributed by atoms with E-state index in [1.165, 1.54) is 20.8 Å². The van der Waals surface area contributed by atoms with Gasteiger partial charge >= 0.3 is 0 Å². The standard InChI is InChI=1S/C12H16N2O3/c1-9(15)13-11(12(2,3)14(16)17)10-7-5-4-6-8-10/h4-8,11H,1-3H3,(H,13,15). The molecular weight excluding hydrogens is 220 g/mol. The average Bonchev–Trinajstić information content (AvgIpc) is 2.26. The first-order valence-electron chi connectivity index (χ1n) is 5.32. The molecule has 0 fully saturated rings. The SMILES string of the molecule is CC(=O)NC(c1ccccc1)C(C)(C)[N+](=O)[O-]. The van der Waals surface area contributed by atoms with E-state index in [2.05, 4.69) is 5.32 Å². The highest BCUT2D eigenvalue weighted by Crippen LogP contribution is 2.28. The minimum Gasteiger partial charge on any atom is -0.343 e. The Hall–Kier alpha value is -1.91. The van der Waals surface area contributed by atoms with E-state index in [-0.39, 0.29) is 10.8 Å². The normalized spacial score (nSPS) is 12.9. The zero-order chi connectivity index (χ0) is 13.1. The van der Waals surface area contributed by atoms with Gasteiger partial charge in [-0.1, -0.05) is 30.3 Å². The quantitative estimate of drug-likeness (QED) is 0.641. The summed E-state index contributed by atoms with van der Waals surface area (Å²) in [6, 6.07) is 8.31. The largest absolute Gasteiger partial charge is 0.343 e. The van der Waals surface area contributed by atoms with E-state index in [0.29, 0.717) is 0 Å². The van der Waals surface area contributed by atoms with Crippen molar-refractivity contribution < 1.29 is 9.72 Å². The molecule has 1 unspecified atom stereocenters. The fourth-order valence-electron chi connectivity index (χ4n) is 1.62. The minimum atomic E-state index is -1.26. The molecule has 1 aromatic rings. The Morgan fingerprint density at radius 3 is 2.29 bits per heavy atom. The lowest BCUT2D eigenvalue weighted by molar-refractivity contribution is -0.566. The molecule has 0 bridgehead atoms. The zero-order valence-electron chi connectivity index (χ0n) is 10.1. The molecule has 0 heterocycles. The molecule has 1 amide bonds. The molecule has 0 aromatic heterocycles. The van der Waals surface area contributed by atoms with Crippen LogP contribution in [-0.2, 0) is 4.79 Å². The molecule has 1 aromatic carbocycles. The van der Waals surface area contributed by atoms with Crippen molar-refractivity contribution in [2.75, 3.05) is 0 Å². The summed E-state index contributed by atoms with van der Waals surface area (Å²) in [6.45, 7) is 4.35. The zero-order valence-corrected chi connectivity index (χ0v) is 10.1. The minimum absolute atomic E-state index is 0.284. The maximum Gasteiger partial charge on any atom is 0.240 e. The van der Waals surface area contributed by atoms with Gasteiger partial charge in [0.1, 0.15) is 6.04 Å². The second kappa shape index (κ2) is 4.95. The van der Waals surface area contributed by atoms with E-state index in [1.54, 1.807) is 24.3 Å². The molecular formula is C12H16N2O3. The molecule has 0 spiro atoms. The van der Waals surface area contributed by atoms with Gasteiger partial charge < -0.3 is 5.32 Å². The molecule has 17 heavy (non-hydrogen) atoms. The van der Waals surface area contributed by atoms with Gasteiger partial charge in [0.15, 0.2) is 0 Å². The summed E-state index contributed by atoms with van der Waals surface area (Å²) in [5.74, 6) is -0.284. The van der Waals surface area contributed by atoms with Crippen molar-refractivity contribution in [3.63, 3.8) is 0 Å². The lowest BCUT2D eigenvalue weighted by Crippen LogP contribution is -2.46. The van der Waals surface area contributed by atoms with Gasteiger partial charge in [0.25, 0.3) is 0 Å². The van der Waals surface area contributed by atoms with E-state index in [1.807, 2.05) is 6.07 Å². The predicted octanol–water partition coefficient (Wildman–Crippen LogP) is 1.92. The lowest BCUT2D eigenvalue weighted by Gasteiger charge is -2.27. The molecule has 1 N–H and O–H groups in total. The molecule has 0 aliphatic heterocycles. The van der Waals surface area contributed by atoms with Crippen LogP contribution in [0.15, 0.2) is 30.3 Å². The lowest BCUT2D eigenvalue weighted by atomic mass is 9.89. The topological polar surface area (TPSA) is 72.2 Å². The maximum absolute atomic E-state index is 11.2. The van der Waals surface area contributed by atoms with Gasteiger partial charge in [-0.05, 0) is 5.56 Å². The first-order chi connectivity index (χ1) is 7.85. The number of amides is 1. The van der Waals surface area contributed by atoms with Gasteiger partial charge in [-0.3, -0.25) is 14.9 Å². The van der Waals surface area contributed by atoms with Gasteiger partial charge in [-0.25, -0.2) is 0 Å². The Labute approximate surface area is 100.0 Å². The highest BCUT2D eigenvalue weighted by Gasteiger charge is 2.42. The van der Waals surface area contributed by atoms with E-state index < -0.39 is 11.6 Å². The number of nitro groups is 1. The van der Waals surface area contributed by atoms with Crippen LogP contribution in [0.25, 0.3) is 0 Å². The van der Waals surface area contributed by atoms with Crippen LogP contribution in [-0.4, -0.2) is 16.4 Å². The molecule has 1 atom stereocenters. The van der Waals surface area contributed by atoms with Crippen LogP contribution in [0.2, 0.25) is 0 Å². The van der Waals surface area contributed by atoms with Gasteiger partial charge in [0, 0.05) is 25.7 Å². The van der Waals surface area contributed by atoms with E-state index in [4.69, 9.17) is 0 Å². The Kier molecular flexibility index (Phi) is 3.83. The summed E-state index contributed by atoms with van der Waals surface area (Å²) in [4.78, 5) is 21.9. The third kappa shape index (κ3) is 3.03. The molecule has 92 valence electrons. The van der Waals surface area contributed by atoms with Gasteiger partial charge in [-0.15, -0.1) is 0 Å². The van der Waals surface area contributed by atoms with Gasteiger partial charge in [-0.2, -0.15) is 0 Å². The second-order valence-electron chi connectivity index (χ2n) is 4.45. The van der Waals surface area contributed by atoms with Crippen LogP contribution >= 0.6 is 0 Å². The number of carbonyl (C=O) groups excluding carboxylic acids is 1. The van der Waals surface area contributed by atoms with Crippen LogP contribution in [0.1, 0.15) is 32.4 Å². The number of nitrogens with zero attached hydrogens (tertiary/aromatic N) is 1.